The Kier molecular flexibility index (Phi) is 5.15. The second-order valence-corrected chi connectivity index (χ2v) is 5.14. The van der Waals surface area contributed by atoms with E-state index in [1.54, 1.807) is 24.3 Å². The zero-order valence-corrected chi connectivity index (χ0v) is 13.0. The average Bonchev–Trinajstić information content (AvgIpc) is 2.55. The van der Waals surface area contributed by atoms with Crippen LogP contribution in [0.1, 0.15) is 15.9 Å². The highest BCUT2D eigenvalue weighted by molar-refractivity contribution is 5.92. The number of nitrogens with zero attached hydrogens (tertiary/aromatic N) is 2. The molecule has 2 rings (SSSR count). The van der Waals surface area contributed by atoms with Gasteiger partial charge in [-0.1, -0.05) is 24.3 Å². The number of carboxylic acids is 1. The van der Waals surface area contributed by atoms with Crippen LogP contribution in [0.3, 0.4) is 0 Å². The van der Waals surface area contributed by atoms with E-state index in [0.29, 0.717) is 4.74 Å². The number of hydrogen-bond donors (Lipinski definition) is 1. The van der Waals surface area contributed by atoms with E-state index in [4.69, 9.17) is 5.11 Å². The van der Waals surface area contributed by atoms with Crippen molar-refractivity contribution in [1.29, 1.82) is 0 Å². The van der Waals surface area contributed by atoms with Crippen molar-refractivity contribution in [3.05, 3.63) is 70.9 Å². The highest BCUT2D eigenvalue weighted by Crippen LogP contribution is 2.17. The van der Waals surface area contributed by atoms with E-state index in [1.165, 1.54) is 18.3 Å². The quantitative estimate of drug-likeness (QED) is 0.398. The number of hydrogen-bond acceptors (Lipinski definition) is 3. The van der Waals surface area contributed by atoms with Crippen LogP contribution in [0, 0.1) is 5.21 Å². The summed E-state index contributed by atoms with van der Waals surface area (Å²) >= 11 is 0. The second-order valence-electron chi connectivity index (χ2n) is 5.14. The van der Waals surface area contributed by atoms with Gasteiger partial charge in [-0.15, -0.1) is 0 Å². The van der Waals surface area contributed by atoms with Gasteiger partial charge >= 0.3 is 5.97 Å². The lowest BCUT2D eigenvalue weighted by Crippen LogP contribution is -2.07. The Morgan fingerprint density at radius 3 is 2.39 bits per heavy atom. The summed E-state index contributed by atoms with van der Waals surface area (Å²) in [5, 5.41) is 21.1. The third-order valence-electron chi connectivity index (χ3n) is 3.29. The van der Waals surface area contributed by atoms with Crippen molar-refractivity contribution in [2.45, 2.75) is 0 Å². The molecule has 2 aromatic carbocycles. The maximum atomic E-state index is 12.0. The smallest absolute Gasteiger partial charge is 0.342 e. The minimum atomic E-state index is -1.13. The Labute approximate surface area is 135 Å². The van der Waals surface area contributed by atoms with Gasteiger partial charge in [0.1, 0.15) is 5.56 Å². The SMILES string of the molecule is CN(C)c1ccc(C=CC=[N+]([O-])c2ccccc2C(=O)O)cc1. The first-order valence-corrected chi connectivity index (χ1v) is 7.06. The fourth-order valence-electron chi connectivity index (χ4n) is 2.04. The number of carbonyl (C=O) groups is 1. The highest BCUT2D eigenvalue weighted by atomic mass is 16.5. The fraction of sp³-hybridized carbons (Fsp3) is 0.111. The number of anilines is 1. The Balaban J connectivity index is 2.17. The largest absolute Gasteiger partial charge is 0.618 e. The van der Waals surface area contributed by atoms with Gasteiger partial charge in [-0.3, -0.25) is 0 Å². The van der Waals surface area contributed by atoms with E-state index in [1.807, 2.05) is 43.3 Å². The molecular weight excluding hydrogens is 292 g/mol. The number of rotatable bonds is 5. The van der Waals surface area contributed by atoms with Crippen LogP contribution in [0.2, 0.25) is 0 Å². The van der Waals surface area contributed by atoms with Gasteiger partial charge in [0, 0.05) is 31.9 Å². The molecule has 0 aliphatic heterocycles. The van der Waals surface area contributed by atoms with Crippen LogP contribution >= 0.6 is 0 Å². The molecule has 0 unspecified atom stereocenters. The third kappa shape index (κ3) is 4.20. The lowest BCUT2D eigenvalue weighted by molar-refractivity contribution is -0.354. The van der Waals surface area contributed by atoms with Crippen molar-refractivity contribution < 1.29 is 14.6 Å². The minimum Gasteiger partial charge on any atom is -0.618 e. The maximum Gasteiger partial charge on any atom is 0.342 e. The van der Waals surface area contributed by atoms with Gasteiger partial charge < -0.3 is 15.2 Å². The van der Waals surface area contributed by atoms with Crippen LogP contribution in [-0.4, -0.2) is 36.1 Å². The number of aromatic carboxylic acids is 1. The van der Waals surface area contributed by atoms with E-state index in [-0.39, 0.29) is 11.3 Å². The molecule has 0 saturated heterocycles. The van der Waals surface area contributed by atoms with E-state index in [9.17, 15) is 10.0 Å². The van der Waals surface area contributed by atoms with E-state index < -0.39 is 5.97 Å². The summed E-state index contributed by atoms with van der Waals surface area (Å²) in [7, 11) is 3.93. The Hall–Kier alpha value is -3.08. The molecule has 0 heterocycles. The molecule has 0 fully saturated rings. The third-order valence-corrected chi connectivity index (χ3v) is 3.29. The van der Waals surface area contributed by atoms with Crippen LogP contribution in [0.25, 0.3) is 6.08 Å². The number of allylic oxidation sites excluding steroid dienone is 1. The fourth-order valence-corrected chi connectivity index (χ4v) is 2.04. The van der Waals surface area contributed by atoms with E-state index >= 15 is 0 Å². The van der Waals surface area contributed by atoms with Crippen molar-refractivity contribution in [1.82, 2.24) is 0 Å². The van der Waals surface area contributed by atoms with Gasteiger partial charge in [-0.25, -0.2) is 4.79 Å². The van der Waals surface area contributed by atoms with E-state index in [0.717, 1.165) is 11.3 Å². The molecule has 1 N–H and O–H groups in total. The van der Waals surface area contributed by atoms with Gasteiger partial charge in [0.25, 0.3) is 0 Å². The summed E-state index contributed by atoms with van der Waals surface area (Å²) in [6.07, 6.45) is 4.67. The normalized spacial score (nSPS) is 11.7. The number of para-hydroxylation sites is 1. The monoisotopic (exact) mass is 310 g/mol. The first-order valence-electron chi connectivity index (χ1n) is 7.06. The molecule has 0 aliphatic carbocycles. The average molecular weight is 310 g/mol. The van der Waals surface area contributed by atoms with Gasteiger partial charge in [-0.05, 0) is 29.8 Å². The van der Waals surface area contributed by atoms with Crippen molar-refractivity contribution in [2.24, 2.45) is 0 Å². The molecule has 23 heavy (non-hydrogen) atoms. The summed E-state index contributed by atoms with van der Waals surface area (Å²) in [6.45, 7) is 0. The molecule has 0 amide bonds. The Bertz CT molecular complexity index is 747. The van der Waals surface area contributed by atoms with Crippen LogP contribution in [-0.2, 0) is 0 Å². The maximum absolute atomic E-state index is 12.0. The highest BCUT2D eigenvalue weighted by Gasteiger charge is 2.14. The molecule has 118 valence electrons. The summed E-state index contributed by atoms with van der Waals surface area (Å²) in [4.78, 5) is 13.1. The van der Waals surface area contributed by atoms with Crippen molar-refractivity contribution in [3.63, 3.8) is 0 Å². The first kappa shape index (κ1) is 16.3. The summed E-state index contributed by atoms with van der Waals surface area (Å²) < 4.78 is 0.550. The first-order chi connectivity index (χ1) is 11.0. The van der Waals surface area contributed by atoms with Crippen molar-refractivity contribution in [3.8, 4) is 0 Å². The molecule has 5 heteroatoms. The summed E-state index contributed by atoms with van der Waals surface area (Å²) in [6, 6.07) is 13.9. The molecular formula is C18H18N2O3. The number of carboxylic acid groups (broad SMARTS) is 1. The lowest BCUT2D eigenvalue weighted by Gasteiger charge is -2.11. The summed E-state index contributed by atoms with van der Waals surface area (Å²) in [5.74, 6) is -1.13. The summed E-state index contributed by atoms with van der Waals surface area (Å²) in [5.41, 5.74) is 2.12. The Morgan fingerprint density at radius 1 is 1.13 bits per heavy atom. The molecule has 2 aromatic rings. The molecule has 5 nitrogen and oxygen atoms in total. The second kappa shape index (κ2) is 7.26. The lowest BCUT2D eigenvalue weighted by atomic mass is 10.2. The molecule has 0 saturated carbocycles. The van der Waals surface area contributed by atoms with Crippen molar-refractivity contribution in [2.75, 3.05) is 19.0 Å². The predicted molar refractivity (Wildman–Crippen MR) is 92.6 cm³/mol. The van der Waals surface area contributed by atoms with Crippen molar-refractivity contribution >= 4 is 29.6 Å². The van der Waals surface area contributed by atoms with Crippen LogP contribution in [0.5, 0.6) is 0 Å². The standard InChI is InChI=1S/C18H18N2O3/c1-19(2)15-11-9-14(10-12-15)6-5-13-20(23)17-8-4-3-7-16(17)18(21)22/h3-13H,1-2H3,(H,21,22). The number of benzene rings is 2. The zero-order valence-electron chi connectivity index (χ0n) is 13.0. The van der Waals surface area contributed by atoms with Crippen LogP contribution < -0.4 is 4.90 Å². The molecule has 0 aliphatic rings. The Morgan fingerprint density at radius 2 is 1.78 bits per heavy atom. The van der Waals surface area contributed by atoms with Gasteiger partial charge in [0.2, 0.25) is 5.69 Å². The van der Waals surface area contributed by atoms with Gasteiger partial charge in [0.15, 0.2) is 6.21 Å². The van der Waals surface area contributed by atoms with Crippen LogP contribution in [0.15, 0.2) is 54.6 Å². The molecule has 0 spiro atoms. The molecule has 0 bridgehead atoms. The van der Waals surface area contributed by atoms with E-state index in [2.05, 4.69) is 0 Å². The minimum absolute atomic E-state index is 0.0255. The van der Waals surface area contributed by atoms with Gasteiger partial charge in [0.05, 0.1) is 0 Å². The molecule has 0 atom stereocenters. The topological polar surface area (TPSA) is 66.6 Å². The zero-order chi connectivity index (χ0) is 16.8. The molecule has 0 aromatic heterocycles. The molecule has 0 radical (unpaired) electrons. The van der Waals surface area contributed by atoms with Crippen LogP contribution in [0.4, 0.5) is 11.4 Å². The van der Waals surface area contributed by atoms with Gasteiger partial charge in [-0.2, -0.15) is 4.74 Å². The predicted octanol–water partition coefficient (Wildman–Crippen LogP) is 3.38.